The molecule has 0 bridgehead atoms. The standard InChI is InChI=1S/C24H35N5/c1-22(2,3)15-24(9-10-24)17-28-12-11-25-21(28)14-18-7-8-19-20(13-18)27-29(26-19)16-23(4,5)6/h7-8,11-13H,9-10,14-17H2,1-6H3. The lowest BCUT2D eigenvalue weighted by Gasteiger charge is -2.26. The molecule has 5 heteroatoms. The molecule has 2 aromatic heterocycles. The highest BCUT2D eigenvalue weighted by molar-refractivity contribution is 5.74. The fourth-order valence-electron chi connectivity index (χ4n) is 4.50. The maximum Gasteiger partial charge on any atom is 0.113 e. The van der Waals surface area contributed by atoms with Gasteiger partial charge in [-0.05, 0) is 53.2 Å². The first-order valence-corrected chi connectivity index (χ1v) is 10.8. The molecule has 0 aliphatic heterocycles. The number of nitrogens with zero attached hydrogens (tertiary/aromatic N) is 5. The third-order valence-electron chi connectivity index (χ3n) is 5.63. The third kappa shape index (κ3) is 5.06. The van der Waals surface area contributed by atoms with E-state index < -0.39 is 0 Å². The molecule has 2 heterocycles. The quantitative estimate of drug-likeness (QED) is 0.557. The van der Waals surface area contributed by atoms with E-state index in [1.807, 2.05) is 11.0 Å². The van der Waals surface area contributed by atoms with E-state index in [2.05, 4.69) is 80.6 Å². The summed E-state index contributed by atoms with van der Waals surface area (Å²) in [7, 11) is 0. The molecule has 1 aliphatic rings. The summed E-state index contributed by atoms with van der Waals surface area (Å²) in [4.78, 5) is 6.51. The molecule has 1 fully saturated rings. The predicted octanol–water partition coefficient (Wildman–Crippen LogP) is 5.48. The van der Waals surface area contributed by atoms with Crippen molar-refractivity contribution in [2.24, 2.45) is 16.2 Å². The first-order chi connectivity index (χ1) is 13.5. The molecule has 1 aliphatic carbocycles. The smallest absolute Gasteiger partial charge is 0.113 e. The number of rotatable bonds is 6. The largest absolute Gasteiger partial charge is 0.334 e. The van der Waals surface area contributed by atoms with Crippen molar-refractivity contribution in [3.05, 3.63) is 42.0 Å². The monoisotopic (exact) mass is 393 g/mol. The Morgan fingerprint density at radius 2 is 1.69 bits per heavy atom. The number of aromatic nitrogens is 5. The first kappa shape index (κ1) is 20.1. The highest BCUT2D eigenvalue weighted by atomic mass is 15.5. The highest BCUT2D eigenvalue weighted by Gasteiger charge is 2.45. The van der Waals surface area contributed by atoms with Crippen molar-refractivity contribution in [1.82, 2.24) is 24.5 Å². The van der Waals surface area contributed by atoms with Gasteiger partial charge in [0.25, 0.3) is 0 Å². The average Bonchev–Trinajstić information content (AvgIpc) is 2.97. The molecule has 0 unspecified atom stereocenters. The molecule has 4 rings (SSSR count). The van der Waals surface area contributed by atoms with E-state index in [1.165, 1.54) is 24.8 Å². The maximum absolute atomic E-state index is 4.70. The van der Waals surface area contributed by atoms with Gasteiger partial charge in [-0.25, -0.2) is 4.98 Å². The lowest BCUT2D eigenvalue weighted by Crippen LogP contribution is -2.20. The van der Waals surface area contributed by atoms with Crippen LogP contribution in [0.4, 0.5) is 0 Å². The Kier molecular flexibility index (Phi) is 4.83. The zero-order valence-electron chi connectivity index (χ0n) is 18.9. The Bertz CT molecular complexity index is 992. The Hall–Kier alpha value is -2.17. The van der Waals surface area contributed by atoms with Gasteiger partial charge in [-0.1, -0.05) is 47.6 Å². The van der Waals surface area contributed by atoms with Crippen molar-refractivity contribution in [3.8, 4) is 0 Å². The fraction of sp³-hybridized carbons (Fsp3) is 0.625. The van der Waals surface area contributed by atoms with Gasteiger partial charge in [0.1, 0.15) is 16.9 Å². The molecule has 1 aromatic carbocycles. The topological polar surface area (TPSA) is 48.5 Å². The van der Waals surface area contributed by atoms with Gasteiger partial charge in [0.2, 0.25) is 0 Å². The number of imidazole rings is 1. The second-order valence-electron chi connectivity index (χ2n) is 11.5. The second kappa shape index (κ2) is 6.96. The van der Waals surface area contributed by atoms with Crippen molar-refractivity contribution in [2.75, 3.05) is 0 Å². The zero-order valence-corrected chi connectivity index (χ0v) is 18.9. The second-order valence-corrected chi connectivity index (χ2v) is 11.5. The normalized spacial score (nSPS) is 16.5. The molecule has 1 saturated carbocycles. The van der Waals surface area contributed by atoms with Crippen LogP contribution in [0.15, 0.2) is 30.6 Å². The van der Waals surface area contributed by atoms with Crippen LogP contribution in [0.1, 0.15) is 72.2 Å². The van der Waals surface area contributed by atoms with Crippen molar-refractivity contribution in [3.63, 3.8) is 0 Å². The van der Waals surface area contributed by atoms with Crippen molar-refractivity contribution < 1.29 is 0 Å². The summed E-state index contributed by atoms with van der Waals surface area (Å²) in [6.45, 7) is 15.6. The van der Waals surface area contributed by atoms with Crippen LogP contribution in [-0.4, -0.2) is 24.5 Å². The summed E-state index contributed by atoms with van der Waals surface area (Å²) in [6.07, 6.45) is 8.88. The lowest BCUT2D eigenvalue weighted by molar-refractivity contribution is 0.251. The third-order valence-corrected chi connectivity index (χ3v) is 5.63. The van der Waals surface area contributed by atoms with Crippen LogP contribution in [0.2, 0.25) is 0 Å². The van der Waals surface area contributed by atoms with E-state index in [1.54, 1.807) is 0 Å². The van der Waals surface area contributed by atoms with Crippen molar-refractivity contribution >= 4 is 11.0 Å². The zero-order chi connectivity index (χ0) is 20.9. The van der Waals surface area contributed by atoms with Gasteiger partial charge in [-0.15, -0.1) is 0 Å². The number of benzene rings is 1. The van der Waals surface area contributed by atoms with E-state index >= 15 is 0 Å². The van der Waals surface area contributed by atoms with E-state index in [0.29, 0.717) is 10.8 Å². The summed E-state index contributed by atoms with van der Waals surface area (Å²) in [5.41, 5.74) is 4.18. The van der Waals surface area contributed by atoms with Gasteiger partial charge < -0.3 is 4.57 Å². The Morgan fingerprint density at radius 3 is 2.34 bits per heavy atom. The van der Waals surface area contributed by atoms with Gasteiger partial charge in [0.05, 0.1) is 6.54 Å². The summed E-state index contributed by atoms with van der Waals surface area (Å²) in [5.74, 6) is 1.15. The van der Waals surface area contributed by atoms with E-state index in [9.17, 15) is 0 Å². The van der Waals surface area contributed by atoms with Crippen LogP contribution in [0.25, 0.3) is 11.0 Å². The molecule has 0 saturated heterocycles. The van der Waals surface area contributed by atoms with Gasteiger partial charge >= 0.3 is 0 Å². The summed E-state index contributed by atoms with van der Waals surface area (Å²) >= 11 is 0. The average molecular weight is 394 g/mol. The minimum absolute atomic E-state index is 0.161. The van der Waals surface area contributed by atoms with Crippen LogP contribution < -0.4 is 0 Å². The van der Waals surface area contributed by atoms with Crippen LogP contribution >= 0.6 is 0 Å². The van der Waals surface area contributed by atoms with Gasteiger partial charge in [-0.3, -0.25) is 0 Å². The lowest BCUT2D eigenvalue weighted by atomic mass is 9.82. The maximum atomic E-state index is 4.70. The fourth-order valence-corrected chi connectivity index (χ4v) is 4.50. The predicted molar refractivity (Wildman–Crippen MR) is 118 cm³/mol. The van der Waals surface area contributed by atoms with Crippen molar-refractivity contribution in [1.29, 1.82) is 0 Å². The van der Waals surface area contributed by atoms with E-state index in [4.69, 9.17) is 5.10 Å². The number of hydrogen-bond acceptors (Lipinski definition) is 3. The van der Waals surface area contributed by atoms with Gasteiger partial charge in [0, 0.05) is 25.4 Å². The number of hydrogen-bond donors (Lipinski definition) is 0. The molecule has 0 amide bonds. The van der Waals surface area contributed by atoms with Crippen LogP contribution in [-0.2, 0) is 19.5 Å². The van der Waals surface area contributed by atoms with Crippen molar-refractivity contribution in [2.45, 2.75) is 80.3 Å². The number of fused-ring (bicyclic) bond motifs is 1. The van der Waals surface area contributed by atoms with E-state index in [0.717, 1.165) is 36.4 Å². The van der Waals surface area contributed by atoms with Crippen LogP contribution in [0.5, 0.6) is 0 Å². The van der Waals surface area contributed by atoms with Gasteiger partial charge in [-0.2, -0.15) is 15.0 Å². The Balaban J connectivity index is 1.50. The van der Waals surface area contributed by atoms with Gasteiger partial charge in [0.15, 0.2) is 0 Å². The summed E-state index contributed by atoms with van der Waals surface area (Å²) < 4.78 is 2.37. The molecule has 5 nitrogen and oxygen atoms in total. The molecule has 0 radical (unpaired) electrons. The van der Waals surface area contributed by atoms with E-state index in [-0.39, 0.29) is 5.41 Å². The SMILES string of the molecule is CC(C)(C)Cn1nc2ccc(Cc3nccn3CC3(CC(C)(C)C)CC3)cc2n1. The molecule has 156 valence electrons. The molecule has 0 N–H and O–H groups in total. The highest BCUT2D eigenvalue weighted by Crippen LogP contribution is 2.54. The summed E-state index contributed by atoms with van der Waals surface area (Å²) in [5, 5.41) is 9.33. The molecular weight excluding hydrogens is 358 g/mol. The molecule has 29 heavy (non-hydrogen) atoms. The minimum atomic E-state index is 0.161. The minimum Gasteiger partial charge on any atom is -0.334 e. The Morgan fingerprint density at radius 1 is 0.966 bits per heavy atom. The molecule has 0 atom stereocenters. The molecule has 3 aromatic rings. The molecule has 0 spiro atoms. The first-order valence-electron chi connectivity index (χ1n) is 10.8. The summed E-state index contributed by atoms with van der Waals surface area (Å²) in [6, 6.07) is 6.42. The van der Waals surface area contributed by atoms with Crippen LogP contribution in [0.3, 0.4) is 0 Å². The Labute approximate surface area is 174 Å². The molecular formula is C24H35N5. The van der Waals surface area contributed by atoms with Crippen LogP contribution in [0, 0.1) is 16.2 Å².